The van der Waals surface area contributed by atoms with E-state index in [4.69, 9.17) is 4.74 Å². The van der Waals surface area contributed by atoms with Crippen LogP contribution in [0, 0.1) is 0 Å². The Bertz CT molecular complexity index is 316. The minimum Gasteiger partial charge on any atom is -0.494 e. The number of carbonyl (C=O) groups is 1. The van der Waals surface area contributed by atoms with E-state index in [9.17, 15) is 4.79 Å². The van der Waals surface area contributed by atoms with Crippen LogP contribution in [0.4, 0.5) is 0 Å². The highest BCUT2D eigenvalue weighted by Gasteiger charge is 1.99. The lowest BCUT2D eigenvalue weighted by Gasteiger charge is -2.07. The number of ether oxygens (including phenoxy) is 1. The highest BCUT2D eigenvalue weighted by molar-refractivity contribution is 7.80. The summed E-state index contributed by atoms with van der Waals surface area (Å²) in [7, 11) is 0. The Morgan fingerprint density at radius 1 is 1.24 bits per heavy atom. The normalized spacial score (nSPS) is 9.94. The predicted molar refractivity (Wildman–Crippen MR) is 72.7 cm³/mol. The third kappa shape index (κ3) is 6.89. The zero-order valence-corrected chi connectivity index (χ0v) is 10.8. The third-order valence-electron chi connectivity index (χ3n) is 2.22. The minimum atomic E-state index is 0.0961. The Labute approximate surface area is 108 Å². The molecule has 0 atom stereocenters. The second-order valence-electron chi connectivity index (χ2n) is 3.69. The standard InChI is InChI=1S/C13H19NO2S/c15-13(8-4-11-17)14-9-5-10-16-12-6-2-1-3-7-12/h1-3,6-7,17H,4-5,8-11H2,(H,14,15). The summed E-state index contributed by atoms with van der Waals surface area (Å²) in [4.78, 5) is 11.2. The van der Waals surface area contributed by atoms with Crippen molar-refractivity contribution in [2.24, 2.45) is 0 Å². The SMILES string of the molecule is O=C(CCCS)NCCCOc1ccccc1. The van der Waals surface area contributed by atoms with Crippen molar-refractivity contribution < 1.29 is 9.53 Å². The Hall–Kier alpha value is -1.16. The molecule has 0 aliphatic rings. The van der Waals surface area contributed by atoms with Crippen LogP contribution in [0.25, 0.3) is 0 Å². The van der Waals surface area contributed by atoms with Crippen LogP contribution in [0.3, 0.4) is 0 Å². The molecule has 0 spiro atoms. The molecule has 1 amide bonds. The zero-order valence-electron chi connectivity index (χ0n) is 9.89. The summed E-state index contributed by atoms with van der Waals surface area (Å²) < 4.78 is 5.51. The molecule has 0 aromatic heterocycles. The van der Waals surface area contributed by atoms with Crippen LogP contribution in [0.5, 0.6) is 5.75 Å². The molecular formula is C13H19NO2S. The van der Waals surface area contributed by atoms with E-state index in [0.29, 0.717) is 19.6 Å². The molecule has 0 fully saturated rings. The first-order valence-electron chi connectivity index (χ1n) is 5.88. The molecule has 0 heterocycles. The Morgan fingerprint density at radius 3 is 2.71 bits per heavy atom. The van der Waals surface area contributed by atoms with Crippen molar-refractivity contribution in [2.45, 2.75) is 19.3 Å². The van der Waals surface area contributed by atoms with Gasteiger partial charge in [0.15, 0.2) is 0 Å². The number of benzene rings is 1. The summed E-state index contributed by atoms with van der Waals surface area (Å²) in [5, 5.41) is 2.85. The van der Waals surface area contributed by atoms with Crippen LogP contribution in [0.2, 0.25) is 0 Å². The molecule has 4 heteroatoms. The van der Waals surface area contributed by atoms with E-state index in [1.165, 1.54) is 0 Å². The number of rotatable bonds is 8. The quantitative estimate of drug-likeness (QED) is 0.551. The molecular weight excluding hydrogens is 234 g/mol. The van der Waals surface area contributed by atoms with Gasteiger partial charge in [-0.2, -0.15) is 12.6 Å². The lowest BCUT2D eigenvalue weighted by atomic mass is 10.3. The summed E-state index contributed by atoms with van der Waals surface area (Å²) in [6, 6.07) is 9.67. The van der Waals surface area contributed by atoms with Crippen molar-refractivity contribution in [3.05, 3.63) is 30.3 Å². The predicted octanol–water partition coefficient (Wildman–Crippen LogP) is 2.28. The Kier molecular flexibility index (Phi) is 7.30. The average Bonchev–Trinajstić information content (AvgIpc) is 2.37. The van der Waals surface area contributed by atoms with E-state index < -0.39 is 0 Å². The van der Waals surface area contributed by atoms with Crippen molar-refractivity contribution >= 4 is 18.5 Å². The summed E-state index contributed by atoms with van der Waals surface area (Å²) >= 11 is 4.06. The van der Waals surface area contributed by atoms with Crippen molar-refractivity contribution in [1.29, 1.82) is 0 Å². The smallest absolute Gasteiger partial charge is 0.220 e. The van der Waals surface area contributed by atoms with E-state index in [1.54, 1.807) is 0 Å². The number of nitrogens with one attached hydrogen (secondary N) is 1. The van der Waals surface area contributed by atoms with E-state index in [1.807, 2.05) is 30.3 Å². The minimum absolute atomic E-state index is 0.0961. The number of carbonyl (C=O) groups excluding carboxylic acids is 1. The van der Waals surface area contributed by atoms with Gasteiger partial charge in [0.05, 0.1) is 6.61 Å². The molecule has 3 nitrogen and oxygen atoms in total. The Balaban J connectivity index is 1.99. The molecule has 0 saturated heterocycles. The summed E-state index contributed by atoms with van der Waals surface area (Å²) in [5.74, 6) is 1.72. The molecule has 0 aliphatic carbocycles. The molecule has 1 aromatic rings. The molecule has 0 radical (unpaired) electrons. The molecule has 1 rings (SSSR count). The lowest BCUT2D eigenvalue weighted by molar-refractivity contribution is -0.121. The van der Waals surface area contributed by atoms with E-state index >= 15 is 0 Å². The number of amides is 1. The van der Waals surface area contributed by atoms with E-state index in [-0.39, 0.29) is 5.91 Å². The van der Waals surface area contributed by atoms with Crippen LogP contribution in [-0.4, -0.2) is 24.8 Å². The van der Waals surface area contributed by atoms with Gasteiger partial charge in [-0.1, -0.05) is 18.2 Å². The molecule has 1 aromatic carbocycles. The maximum atomic E-state index is 11.2. The monoisotopic (exact) mass is 253 g/mol. The van der Waals surface area contributed by atoms with Crippen LogP contribution >= 0.6 is 12.6 Å². The van der Waals surface area contributed by atoms with Crippen molar-refractivity contribution in [1.82, 2.24) is 5.32 Å². The zero-order chi connectivity index (χ0) is 12.3. The topological polar surface area (TPSA) is 38.3 Å². The fraction of sp³-hybridized carbons (Fsp3) is 0.462. The molecule has 0 saturated carbocycles. The van der Waals surface area contributed by atoms with Gasteiger partial charge in [0.2, 0.25) is 5.91 Å². The summed E-state index contributed by atoms with van der Waals surface area (Å²) in [5.41, 5.74) is 0. The average molecular weight is 253 g/mol. The van der Waals surface area contributed by atoms with Gasteiger partial charge >= 0.3 is 0 Å². The third-order valence-corrected chi connectivity index (χ3v) is 2.53. The first kappa shape index (κ1) is 13.9. The van der Waals surface area contributed by atoms with Crippen LogP contribution < -0.4 is 10.1 Å². The maximum Gasteiger partial charge on any atom is 0.220 e. The summed E-state index contributed by atoms with van der Waals surface area (Å²) in [6.45, 7) is 1.29. The van der Waals surface area contributed by atoms with Gasteiger partial charge in [-0.05, 0) is 30.7 Å². The molecule has 0 aliphatic heterocycles. The van der Waals surface area contributed by atoms with Crippen molar-refractivity contribution in [2.75, 3.05) is 18.9 Å². The first-order valence-corrected chi connectivity index (χ1v) is 6.51. The van der Waals surface area contributed by atoms with Crippen molar-refractivity contribution in [3.8, 4) is 5.75 Å². The maximum absolute atomic E-state index is 11.2. The fourth-order valence-corrected chi connectivity index (χ4v) is 1.49. The summed E-state index contributed by atoms with van der Waals surface area (Å²) in [6.07, 6.45) is 2.21. The van der Waals surface area contributed by atoms with Crippen LogP contribution in [0.1, 0.15) is 19.3 Å². The fourth-order valence-electron chi connectivity index (χ4n) is 1.33. The van der Waals surface area contributed by atoms with E-state index in [0.717, 1.165) is 24.3 Å². The molecule has 17 heavy (non-hydrogen) atoms. The number of thiol groups is 1. The number of para-hydroxylation sites is 1. The van der Waals surface area contributed by atoms with Gasteiger partial charge in [0.25, 0.3) is 0 Å². The van der Waals surface area contributed by atoms with Gasteiger partial charge in [-0.3, -0.25) is 4.79 Å². The molecule has 1 N–H and O–H groups in total. The molecule has 94 valence electrons. The largest absolute Gasteiger partial charge is 0.494 e. The number of hydrogen-bond donors (Lipinski definition) is 2. The lowest BCUT2D eigenvalue weighted by Crippen LogP contribution is -2.25. The van der Waals surface area contributed by atoms with Gasteiger partial charge in [0, 0.05) is 13.0 Å². The highest BCUT2D eigenvalue weighted by Crippen LogP contribution is 2.07. The van der Waals surface area contributed by atoms with Crippen LogP contribution in [-0.2, 0) is 4.79 Å². The van der Waals surface area contributed by atoms with Gasteiger partial charge in [0.1, 0.15) is 5.75 Å². The van der Waals surface area contributed by atoms with Gasteiger partial charge in [-0.15, -0.1) is 0 Å². The second-order valence-corrected chi connectivity index (χ2v) is 4.14. The first-order chi connectivity index (χ1) is 8.33. The van der Waals surface area contributed by atoms with Gasteiger partial charge < -0.3 is 10.1 Å². The number of hydrogen-bond acceptors (Lipinski definition) is 3. The second kappa shape index (κ2) is 8.93. The van der Waals surface area contributed by atoms with Gasteiger partial charge in [-0.25, -0.2) is 0 Å². The molecule has 0 bridgehead atoms. The van der Waals surface area contributed by atoms with E-state index in [2.05, 4.69) is 17.9 Å². The van der Waals surface area contributed by atoms with Crippen LogP contribution in [0.15, 0.2) is 30.3 Å². The molecule has 0 unspecified atom stereocenters. The highest BCUT2D eigenvalue weighted by atomic mass is 32.1. The Morgan fingerprint density at radius 2 is 2.00 bits per heavy atom. The van der Waals surface area contributed by atoms with Crippen molar-refractivity contribution in [3.63, 3.8) is 0 Å².